The van der Waals surface area contributed by atoms with E-state index in [-0.39, 0.29) is 5.52 Å². The number of halogens is 4. The van der Waals surface area contributed by atoms with Gasteiger partial charge in [0.15, 0.2) is 11.3 Å². The van der Waals surface area contributed by atoms with Gasteiger partial charge in [-0.2, -0.15) is 18.3 Å². The summed E-state index contributed by atoms with van der Waals surface area (Å²) in [5.74, 6) is 1.19. The van der Waals surface area contributed by atoms with Crippen LogP contribution in [0.1, 0.15) is 12.5 Å². The molecule has 0 aliphatic rings. The lowest BCUT2D eigenvalue weighted by Gasteiger charge is -2.06. The van der Waals surface area contributed by atoms with Crippen LogP contribution in [0.3, 0.4) is 0 Å². The average Bonchev–Trinajstić information content (AvgIpc) is 3.30. The van der Waals surface area contributed by atoms with Gasteiger partial charge in [0.05, 0.1) is 16.8 Å². The molecule has 6 nitrogen and oxygen atoms in total. The van der Waals surface area contributed by atoms with Gasteiger partial charge in [-0.15, -0.1) is 11.8 Å². The van der Waals surface area contributed by atoms with Crippen LogP contribution < -0.4 is 0 Å². The first-order valence-electron chi connectivity index (χ1n) is 9.94. The Morgan fingerprint density at radius 1 is 1.06 bits per heavy atom. The van der Waals surface area contributed by atoms with E-state index in [0.29, 0.717) is 32.7 Å². The molecule has 11 heteroatoms. The minimum absolute atomic E-state index is 0.156. The molecule has 0 bridgehead atoms. The van der Waals surface area contributed by atoms with Crippen molar-refractivity contribution in [3.05, 3.63) is 59.4 Å². The van der Waals surface area contributed by atoms with Crippen molar-refractivity contribution >= 4 is 40.2 Å². The predicted octanol–water partition coefficient (Wildman–Crippen LogP) is 6.13. The molecule has 168 valence electrons. The van der Waals surface area contributed by atoms with Crippen molar-refractivity contribution in [2.45, 2.75) is 18.1 Å². The van der Waals surface area contributed by atoms with E-state index in [1.807, 2.05) is 25.1 Å². The Hall–Kier alpha value is -3.11. The number of aromatic nitrogens is 6. The van der Waals surface area contributed by atoms with E-state index >= 15 is 0 Å². The minimum atomic E-state index is -4.50. The average molecular weight is 489 g/mol. The van der Waals surface area contributed by atoms with Crippen LogP contribution in [0.5, 0.6) is 0 Å². The van der Waals surface area contributed by atoms with Crippen molar-refractivity contribution in [2.24, 2.45) is 7.05 Å². The summed E-state index contributed by atoms with van der Waals surface area (Å²) in [6.07, 6.45) is -2.00. The molecule has 0 saturated carbocycles. The first kappa shape index (κ1) is 21.7. The van der Waals surface area contributed by atoms with Crippen molar-refractivity contribution in [1.29, 1.82) is 0 Å². The predicted molar refractivity (Wildman–Crippen MR) is 122 cm³/mol. The van der Waals surface area contributed by atoms with Crippen LogP contribution in [-0.4, -0.2) is 34.9 Å². The molecule has 33 heavy (non-hydrogen) atoms. The second kappa shape index (κ2) is 8.03. The molecule has 0 aliphatic carbocycles. The normalized spacial score (nSPS) is 12.2. The van der Waals surface area contributed by atoms with Gasteiger partial charge < -0.3 is 4.57 Å². The molecule has 0 atom stereocenters. The Morgan fingerprint density at radius 3 is 2.52 bits per heavy atom. The lowest BCUT2D eigenvalue weighted by atomic mass is 10.1. The highest BCUT2D eigenvalue weighted by Crippen LogP contribution is 2.37. The van der Waals surface area contributed by atoms with Crippen LogP contribution in [-0.2, 0) is 13.2 Å². The van der Waals surface area contributed by atoms with Crippen molar-refractivity contribution < 1.29 is 13.2 Å². The quantitative estimate of drug-likeness (QED) is 0.285. The molecule has 1 aromatic carbocycles. The van der Waals surface area contributed by atoms with Crippen LogP contribution in [0.15, 0.2) is 53.8 Å². The Bertz CT molecular complexity index is 1490. The molecule has 0 radical (unpaired) electrons. The Kier molecular flexibility index (Phi) is 5.29. The molecule has 0 saturated heterocycles. The largest absolute Gasteiger partial charge is 0.417 e. The number of thioether (sulfide) groups is 1. The maximum atomic E-state index is 13.2. The molecule has 5 rings (SSSR count). The molecule has 0 fully saturated rings. The smallest absolute Gasteiger partial charge is 0.312 e. The van der Waals surface area contributed by atoms with Gasteiger partial charge in [0.2, 0.25) is 0 Å². The fraction of sp³-hybridized carbons (Fsp3) is 0.182. The summed E-state index contributed by atoms with van der Waals surface area (Å²) in [7, 11) is 1.72. The van der Waals surface area contributed by atoms with Gasteiger partial charge >= 0.3 is 6.18 Å². The minimum Gasteiger partial charge on any atom is -0.312 e. The maximum absolute atomic E-state index is 13.2. The van der Waals surface area contributed by atoms with E-state index in [1.54, 1.807) is 34.5 Å². The molecule has 0 aliphatic heterocycles. The zero-order valence-corrected chi connectivity index (χ0v) is 19.0. The van der Waals surface area contributed by atoms with Crippen molar-refractivity contribution in [1.82, 2.24) is 29.1 Å². The van der Waals surface area contributed by atoms with Crippen molar-refractivity contribution in [3.8, 4) is 22.6 Å². The van der Waals surface area contributed by atoms with E-state index in [9.17, 15) is 13.2 Å². The first-order chi connectivity index (χ1) is 15.8. The molecular formula is C22H16ClF3N6S. The second-order valence-corrected chi connectivity index (χ2v) is 8.93. The van der Waals surface area contributed by atoms with Crippen LogP contribution in [0.25, 0.3) is 39.5 Å². The maximum Gasteiger partial charge on any atom is 0.417 e. The fourth-order valence-corrected chi connectivity index (χ4v) is 4.52. The van der Waals surface area contributed by atoms with Gasteiger partial charge in [0, 0.05) is 30.0 Å². The third kappa shape index (κ3) is 3.72. The molecular weight excluding hydrogens is 473 g/mol. The lowest BCUT2D eigenvalue weighted by molar-refractivity contribution is -0.137. The van der Waals surface area contributed by atoms with Crippen LogP contribution in [0.2, 0.25) is 5.02 Å². The highest BCUT2D eigenvalue weighted by molar-refractivity contribution is 7.99. The number of fused-ring (bicyclic) bond motifs is 2. The Morgan fingerprint density at radius 2 is 1.82 bits per heavy atom. The molecule has 0 N–H and O–H groups in total. The van der Waals surface area contributed by atoms with Gasteiger partial charge in [-0.05, 0) is 30.0 Å². The van der Waals surface area contributed by atoms with E-state index in [0.717, 1.165) is 29.3 Å². The summed E-state index contributed by atoms with van der Waals surface area (Å²) in [6, 6.07) is 10.2. The number of pyridine rings is 1. The number of aryl methyl sites for hydroxylation is 1. The first-order valence-corrected chi connectivity index (χ1v) is 11.3. The summed E-state index contributed by atoms with van der Waals surface area (Å²) in [4.78, 5) is 13.1. The van der Waals surface area contributed by atoms with Gasteiger partial charge in [-0.1, -0.05) is 30.7 Å². The van der Waals surface area contributed by atoms with Gasteiger partial charge in [-0.25, -0.2) is 19.5 Å². The second-order valence-electron chi connectivity index (χ2n) is 7.24. The third-order valence-corrected chi connectivity index (χ3v) is 6.27. The number of alkyl halides is 3. The van der Waals surface area contributed by atoms with E-state index < -0.39 is 11.7 Å². The summed E-state index contributed by atoms with van der Waals surface area (Å²) in [5.41, 5.74) is 2.56. The number of imidazole rings is 1. The van der Waals surface area contributed by atoms with Crippen molar-refractivity contribution in [3.63, 3.8) is 0 Å². The van der Waals surface area contributed by atoms with Crippen molar-refractivity contribution in [2.75, 3.05) is 5.75 Å². The van der Waals surface area contributed by atoms with Crippen LogP contribution in [0, 0.1) is 0 Å². The van der Waals surface area contributed by atoms with Crippen LogP contribution >= 0.6 is 23.4 Å². The SMILES string of the molecule is CCSc1nn2c(-c3ccc(Cl)cc3)ccnc2c1-c1nc2cc(C(F)(F)F)cnc2n1C. The number of hydrogen-bond acceptors (Lipinski definition) is 5. The zero-order chi connectivity index (χ0) is 23.3. The highest BCUT2D eigenvalue weighted by Gasteiger charge is 2.32. The monoisotopic (exact) mass is 488 g/mol. The summed E-state index contributed by atoms with van der Waals surface area (Å²) < 4.78 is 43.0. The van der Waals surface area contributed by atoms with Gasteiger partial charge in [-0.3, -0.25) is 0 Å². The summed E-state index contributed by atoms with van der Waals surface area (Å²) >= 11 is 7.55. The highest BCUT2D eigenvalue weighted by atomic mass is 35.5. The van der Waals surface area contributed by atoms with E-state index in [2.05, 4.69) is 15.0 Å². The molecule has 0 unspecified atom stereocenters. The van der Waals surface area contributed by atoms with E-state index in [4.69, 9.17) is 16.7 Å². The third-order valence-electron chi connectivity index (χ3n) is 5.17. The number of nitrogens with zero attached hydrogens (tertiary/aromatic N) is 6. The fourth-order valence-electron chi connectivity index (χ4n) is 3.65. The molecule has 4 heterocycles. The Balaban J connectivity index is 1.76. The Labute approximate surface area is 195 Å². The summed E-state index contributed by atoms with van der Waals surface area (Å²) in [5, 5.41) is 6.08. The van der Waals surface area contributed by atoms with Gasteiger partial charge in [0.25, 0.3) is 0 Å². The number of hydrogen-bond donors (Lipinski definition) is 0. The number of benzene rings is 1. The molecule has 5 aromatic rings. The standard InChI is InChI=1S/C22H16ClF3N6S/c1-3-33-21-17(20-29-15-10-13(22(24,25)26)11-28-18(15)31(20)2)19-27-9-8-16(32(19)30-21)12-4-6-14(23)7-5-12/h4-11H,3H2,1-2H3. The van der Waals surface area contributed by atoms with Crippen LogP contribution in [0.4, 0.5) is 13.2 Å². The lowest BCUT2D eigenvalue weighted by Crippen LogP contribution is -2.05. The summed E-state index contributed by atoms with van der Waals surface area (Å²) in [6.45, 7) is 2.00. The molecule has 4 aromatic heterocycles. The topological polar surface area (TPSA) is 60.9 Å². The molecule has 0 amide bonds. The zero-order valence-electron chi connectivity index (χ0n) is 17.4. The van der Waals surface area contributed by atoms with E-state index in [1.165, 1.54) is 11.8 Å². The number of rotatable bonds is 4. The molecule has 0 spiro atoms. The van der Waals surface area contributed by atoms with Gasteiger partial charge in [0.1, 0.15) is 16.4 Å².